The summed E-state index contributed by atoms with van der Waals surface area (Å²) in [5, 5.41) is 8.93. The van der Waals surface area contributed by atoms with Gasteiger partial charge >= 0.3 is 11.1 Å². The van der Waals surface area contributed by atoms with Crippen molar-refractivity contribution in [2.75, 3.05) is 0 Å². The molecule has 0 saturated carbocycles. The summed E-state index contributed by atoms with van der Waals surface area (Å²) in [6.45, 7) is 0. The van der Waals surface area contributed by atoms with Crippen LogP contribution in [0.3, 0.4) is 0 Å². The van der Waals surface area contributed by atoms with E-state index in [0.29, 0.717) is 11.4 Å². The van der Waals surface area contributed by atoms with Gasteiger partial charge in [0.2, 0.25) is 0 Å². The lowest BCUT2D eigenvalue weighted by Gasteiger charge is -2.03. The van der Waals surface area contributed by atoms with E-state index in [1.54, 1.807) is 18.0 Å². The summed E-state index contributed by atoms with van der Waals surface area (Å²) in [6.07, 6.45) is 3.16. The highest BCUT2D eigenvalue weighted by molar-refractivity contribution is 7.98. The predicted octanol–water partition coefficient (Wildman–Crippen LogP) is 1.30. The second-order valence-electron chi connectivity index (χ2n) is 4.14. The van der Waals surface area contributed by atoms with Crippen molar-refractivity contribution < 1.29 is 0 Å². The quantitative estimate of drug-likeness (QED) is 0.559. The summed E-state index contributed by atoms with van der Waals surface area (Å²) < 4.78 is 0. The number of H-pyrrole nitrogens is 2. The molecule has 3 aromatic rings. The van der Waals surface area contributed by atoms with Crippen LogP contribution >= 0.6 is 11.8 Å². The van der Waals surface area contributed by atoms with Crippen molar-refractivity contribution >= 4 is 22.7 Å². The van der Waals surface area contributed by atoms with E-state index in [1.165, 1.54) is 6.20 Å². The lowest BCUT2D eigenvalue weighted by molar-refractivity contribution is 1.01. The van der Waals surface area contributed by atoms with Crippen LogP contribution in [0.4, 0.5) is 0 Å². The van der Waals surface area contributed by atoms with Crippen molar-refractivity contribution in [3.05, 3.63) is 63.1 Å². The molecule has 3 rings (SSSR count). The SMILES string of the molecule is O=c1[nH]cc(CSc2ccc3ccnnc3c2)[nH]c1=O. The summed E-state index contributed by atoms with van der Waals surface area (Å²) in [5.41, 5.74) is 0.221. The smallest absolute Gasteiger partial charge is 0.313 e. The molecule has 0 aliphatic carbocycles. The molecule has 100 valence electrons. The van der Waals surface area contributed by atoms with E-state index in [0.717, 1.165) is 15.8 Å². The third kappa shape index (κ3) is 2.62. The van der Waals surface area contributed by atoms with Gasteiger partial charge in [0, 0.05) is 27.9 Å². The van der Waals surface area contributed by atoms with Crippen molar-refractivity contribution in [2.24, 2.45) is 0 Å². The Morgan fingerprint density at radius 1 is 1.15 bits per heavy atom. The summed E-state index contributed by atoms with van der Waals surface area (Å²) in [5.74, 6) is 0.553. The van der Waals surface area contributed by atoms with Crippen LogP contribution in [-0.2, 0) is 5.75 Å². The van der Waals surface area contributed by atoms with Crippen molar-refractivity contribution in [1.82, 2.24) is 20.2 Å². The summed E-state index contributed by atoms with van der Waals surface area (Å²) in [7, 11) is 0. The van der Waals surface area contributed by atoms with Gasteiger partial charge in [-0.15, -0.1) is 11.8 Å². The van der Waals surface area contributed by atoms with Gasteiger partial charge in [0.1, 0.15) is 0 Å². The third-order valence-corrected chi connectivity index (χ3v) is 3.78. The van der Waals surface area contributed by atoms with E-state index in [4.69, 9.17) is 0 Å². The van der Waals surface area contributed by atoms with Crippen LogP contribution in [0.5, 0.6) is 0 Å². The maximum absolute atomic E-state index is 11.2. The molecule has 0 bridgehead atoms. The molecule has 0 spiro atoms. The first-order chi connectivity index (χ1) is 9.72. The van der Waals surface area contributed by atoms with E-state index in [9.17, 15) is 9.59 Å². The summed E-state index contributed by atoms with van der Waals surface area (Å²) in [4.78, 5) is 28.1. The average molecular weight is 286 g/mol. The van der Waals surface area contributed by atoms with Gasteiger partial charge in [0.15, 0.2) is 0 Å². The number of fused-ring (bicyclic) bond motifs is 1. The minimum absolute atomic E-state index is 0.553. The van der Waals surface area contributed by atoms with Gasteiger partial charge in [-0.05, 0) is 18.2 Å². The lowest BCUT2D eigenvalue weighted by Crippen LogP contribution is -2.29. The topological polar surface area (TPSA) is 91.5 Å². The number of rotatable bonds is 3. The van der Waals surface area contributed by atoms with Gasteiger partial charge in [0.05, 0.1) is 11.7 Å². The molecule has 6 nitrogen and oxygen atoms in total. The molecule has 2 aromatic heterocycles. The van der Waals surface area contributed by atoms with Crippen LogP contribution < -0.4 is 11.1 Å². The van der Waals surface area contributed by atoms with Crippen molar-refractivity contribution in [2.45, 2.75) is 10.6 Å². The fourth-order valence-corrected chi connectivity index (χ4v) is 2.58. The fourth-order valence-electron chi connectivity index (χ4n) is 1.75. The van der Waals surface area contributed by atoms with Crippen LogP contribution in [0, 0.1) is 0 Å². The maximum Gasteiger partial charge on any atom is 0.313 e. The largest absolute Gasteiger partial charge is 0.323 e. The molecule has 0 unspecified atom stereocenters. The second-order valence-corrected chi connectivity index (χ2v) is 5.19. The molecule has 7 heteroatoms. The summed E-state index contributed by atoms with van der Waals surface area (Å²) in [6, 6.07) is 7.80. The fraction of sp³-hybridized carbons (Fsp3) is 0.0769. The van der Waals surface area contributed by atoms with Crippen LogP contribution in [0.15, 0.2) is 51.1 Å². The normalized spacial score (nSPS) is 10.8. The first-order valence-electron chi connectivity index (χ1n) is 5.87. The molecular formula is C13H10N4O2S. The molecule has 0 saturated heterocycles. The number of hydrogen-bond acceptors (Lipinski definition) is 5. The molecule has 0 amide bonds. The number of nitrogens with zero attached hydrogens (tertiary/aromatic N) is 2. The van der Waals surface area contributed by atoms with E-state index < -0.39 is 11.1 Å². The molecule has 0 radical (unpaired) electrons. The van der Waals surface area contributed by atoms with E-state index >= 15 is 0 Å². The van der Waals surface area contributed by atoms with Gasteiger partial charge in [-0.2, -0.15) is 10.2 Å². The predicted molar refractivity (Wildman–Crippen MR) is 76.8 cm³/mol. The Labute approximate surface area is 117 Å². The minimum atomic E-state index is -0.639. The molecule has 20 heavy (non-hydrogen) atoms. The van der Waals surface area contributed by atoms with Crippen LogP contribution in [0.25, 0.3) is 10.9 Å². The van der Waals surface area contributed by atoms with Crippen molar-refractivity contribution in [1.29, 1.82) is 0 Å². The second kappa shape index (κ2) is 5.30. The monoisotopic (exact) mass is 286 g/mol. The number of nitrogens with one attached hydrogen (secondary N) is 2. The number of aromatic nitrogens is 4. The Balaban J connectivity index is 1.81. The highest BCUT2D eigenvalue weighted by atomic mass is 32.2. The Hall–Kier alpha value is -2.41. The number of thioether (sulfide) groups is 1. The first-order valence-corrected chi connectivity index (χ1v) is 6.86. The minimum Gasteiger partial charge on any atom is -0.323 e. The van der Waals surface area contributed by atoms with Gasteiger partial charge in [0.25, 0.3) is 0 Å². The van der Waals surface area contributed by atoms with Gasteiger partial charge in [-0.1, -0.05) is 6.07 Å². The molecule has 0 aliphatic rings. The highest BCUT2D eigenvalue weighted by Gasteiger charge is 2.01. The zero-order valence-electron chi connectivity index (χ0n) is 10.3. The van der Waals surface area contributed by atoms with Crippen molar-refractivity contribution in [3.8, 4) is 0 Å². The van der Waals surface area contributed by atoms with Gasteiger partial charge in [-0.3, -0.25) is 9.59 Å². The average Bonchev–Trinajstić information content (AvgIpc) is 2.48. The van der Waals surface area contributed by atoms with Crippen LogP contribution in [0.1, 0.15) is 5.69 Å². The van der Waals surface area contributed by atoms with E-state index in [-0.39, 0.29) is 0 Å². The Kier molecular flexibility index (Phi) is 3.34. The molecule has 1 aromatic carbocycles. The molecule has 2 heterocycles. The summed E-state index contributed by atoms with van der Waals surface area (Å²) >= 11 is 1.54. The van der Waals surface area contributed by atoms with Gasteiger partial charge < -0.3 is 9.97 Å². The number of hydrogen-bond donors (Lipinski definition) is 2. The number of aromatic amines is 2. The third-order valence-electron chi connectivity index (χ3n) is 2.74. The first kappa shape index (κ1) is 12.6. The van der Waals surface area contributed by atoms with E-state index in [1.807, 2.05) is 24.3 Å². The van der Waals surface area contributed by atoms with E-state index in [2.05, 4.69) is 20.2 Å². The Morgan fingerprint density at radius 3 is 2.90 bits per heavy atom. The van der Waals surface area contributed by atoms with Gasteiger partial charge in [-0.25, -0.2) is 0 Å². The molecule has 0 atom stereocenters. The molecular weight excluding hydrogens is 276 g/mol. The lowest BCUT2D eigenvalue weighted by atomic mass is 10.2. The van der Waals surface area contributed by atoms with Crippen LogP contribution in [0.2, 0.25) is 0 Å². The zero-order valence-corrected chi connectivity index (χ0v) is 11.1. The maximum atomic E-state index is 11.2. The zero-order chi connectivity index (χ0) is 13.9. The van der Waals surface area contributed by atoms with Crippen LogP contribution in [-0.4, -0.2) is 20.2 Å². The Morgan fingerprint density at radius 2 is 2.05 bits per heavy atom. The molecule has 0 aliphatic heterocycles. The Bertz CT molecular complexity index is 872. The number of benzene rings is 1. The highest BCUT2D eigenvalue weighted by Crippen LogP contribution is 2.24. The standard InChI is InChI=1S/C13H10N4O2S/c18-12-13(19)16-9(6-14-12)7-20-10-2-1-8-3-4-15-17-11(8)5-10/h1-6H,7H2,(H,14,18)(H,16,19). The molecule has 2 N–H and O–H groups in total. The van der Waals surface area contributed by atoms with Crippen molar-refractivity contribution in [3.63, 3.8) is 0 Å². The molecule has 0 fully saturated rings.